The monoisotopic (exact) mass is 314 g/mol. The molecule has 0 spiro atoms. The van der Waals surface area contributed by atoms with Crippen LogP contribution in [-0.2, 0) is 9.59 Å². The highest BCUT2D eigenvalue weighted by molar-refractivity contribution is 6.13. The highest BCUT2D eigenvalue weighted by atomic mass is 16.2. The summed E-state index contributed by atoms with van der Waals surface area (Å²) in [7, 11) is 0. The smallest absolute Gasteiger partial charge is 0.240 e. The minimum atomic E-state index is -0.901. The first-order chi connectivity index (χ1) is 11.0. The molecule has 1 aromatic carbocycles. The lowest BCUT2D eigenvalue weighted by atomic mass is 10.0. The Morgan fingerprint density at radius 2 is 1.61 bits per heavy atom. The molecule has 3 rings (SSSR count). The van der Waals surface area contributed by atoms with E-state index in [0.29, 0.717) is 24.1 Å². The van der Waals surface area contributed by atoms with Gasteiger partial charge < -0.3 is 10.6 Å². The number of ketones is 1. The molecular formula is C18H22N2O3. The molecule has 0 bridgehead atoms. The van der Waals surface area contributed by atoms with Crippen LogP contribution in [-0.4, -0.2) is 23.6 Å². The Morgan fingerprint density at radius 1 is 1.00 bits per heavy atom. The fraction of sp³-hybridized carbons (Fsp3) is 0.500. The lowest BCUT2D eigenvalue weighted by Gasteiger charge is -2.18. The molecule has 0 saturated heterocycles. The zero-order chi connectivity index (χ0) is 16.4. The van der Waals surface area contributed by atoms with Crippen LogP contribution >= 0.6 is 0 Å². The van der Waals surface area contributed by atoms with Crippen molar-refractivity contribution >= 4 is 23.3 Å². The first kappa shape index (κ1) is 15.7. The number of anilines is 1. The Kier molecular flexibility index (Phi) is 4.20. The van der Waals surface area contributed by atoms with Crippen LogP contribution in [0.2, 0.25) is 0 Å². The topological polar surface area (TPSA) is 75.3 Å². The fourth-order valence-corrected chi connectivity index (χ4v) is 3.11. The average Bonchev–Trinajstić information content (AvgIpc) is 3.20. The number of carbonyl (C=O) groups excluding carboxylic acids is 3. The maximum atomic E-state index is 12.5. The standard InChI is InChI=1S/C18H22N2O3/c1-12(21)13-6-8-15(9-7-13)20-17(23)18(10-11-18)16(22)19-14-4-2-3-5-14/h6-9,14H,2-5,10-11H2,1H3,(H,19,22)(H,20,23). The van der Waals surface area contributed by atoms with Gasteiger partial charge in [0.2, 0.25) is 11.8 Å². The number of Topliss-reactive ketones (excluding diaryl/α,β-unsaturated/α-hetero) is 1. The normalized spacial score (nSPS) is 19.2. The molecule has 2 amide bonds. The van der Waals surface area contributed by atoms with Crippen molar-refractivity contribution in [1.29, 1.82) is 0 Å². The number of hydrogen-bond donors (Lipinski definition) is 2. The van der Waals surface area contributed by atoms with E-state index in [9.17, 15) is 14.4 Å². The number of amides is 2. The minimum absolute atomic E-state index is 0.0162. The SMILES string of the molecule is CC(=O)c1ccc(NC(=O)C2(C(=O)NC3CCCC3)CC2)cc1. The van der Waals surface area contributed by atoms with Crippen LogP contribution in [0.4, 0.5) is 5.69 Å². The number of benzene rings is 1. The van der Waals surface area contributed by atoms with Crippen molar-refractivity contribution in [1.82, 2.24) is 5.32 Å². The van der Waals surface area contributed by atoms with E-state index in [2.05, 4.69) is 10.6 Å². The Bertz CT molecular complexity index is 626. The number of carbonyl (C=O) groups is 3. The summed E-state index contributed by atoms with van der Waals surface area (Å²) < 4.78 is 0. The van der Waals surface area contributed by atoms with E-state index in [1.807, 2.05) is 0 Å². The van der Waals surface area contributed by atoms with Gasteiger partial charge in [0.1, 0.15) is 5.41 Å². The second-order valence-electron chi connectivity index (χ2n) is 6.62. The lowest BCUT2D eigenvalue weighted by molar-refractivity contribution is -0.134. The molecule has 122 valence electrons. The summed E-state index contributed by atoms with van der Waals surface area (Å²) in [4.78, 5) is 36.2. The highest BCUT2D eigenvalue weighted by Crippen LogP contribution is 2.47. The van der Waals surface area contributed by atoms with Crippen LogP contribution in [0.1, 0.15) is 55.8 Å². The Labute approximate surface area is 135 Å². The summed E-state index contributed by atoms with van der Waals surface area (Å²) in [6, 6.07) is 6.97. The summed E-state index contributed by atoms with van der Waals surface area (Å²) >= 11 is 0. The van der Waals surface area contributed by atoms with E-state index >= 15 is 0 Å². The number of rotatable bonds is 5. The molecule has 2 fully saturated rings. The van der Waals surface area contributed by atoms with Gasteiger partial charge in [-0.05, 0) is 56.9 Å². The van der Waals surface area contributed by atoms with Crippen molar-refractivity contribution in [3.63, 3.8) is 0 Å². The van der Waals surface area contributed by atoms with Crippen molar-refractivity contribution in [2.75, 3.05) is 5.32 Å². The molecule has 0 atom stereocenters. The van der Waals surface area contributed by atoms with Crippen LogP contribution in [0.3, 0.4) is 0 Å². The average molecular weight is 314 g/mol. The summed E-state index contributed by atoms with van der Waals surface area (Å²) in [6.07, 6.45) is 5.51. The molecule has 1 aromatic rings. The minimum Gasteiger partial charge on any atom is -0.352 e. The van der Waals surface area contributed by atoms with Crippen LogP contribution in [0.15, 0.2) is 24.3 Å². The van der Waals surface area contributed by atoms with Crippen molar-refractivity contribution < 1.29 is 14.4 Å². The molecule has 0 aliphatic heterocycles. The molecule has 2 saturated carbocycles. The Hall–Kier alpha value is -2.17. The second-order valence-corrected chi connectivity index (χ2v) is 6.62. The summed E-state index contributed by atoms with van der Waals surface area (Å²) in [5.41, 5.74) is 0.310. The van der Waals surface area contributed by atoms with Gasteiger partial charge in [0, 0.05) is 17.3 Å². The van der Waals surface area contributed by atoms with E-state index < -0.39 is 5.41 Å². The van der Waals surface area contributed by atoms with Gasteiger partial charge in [-0.2, -0.15) is 0 Å². The molecule has 5 heteroatoms. The fourth-order valence-electron chi connectivity index (χ4n) is 3.11. The second kappa shape index (κ2) is 6.14. The van der Waals surface area contributed by atoms with Gasteiger partial charge in [-0.15, -0.1) is 0 Å². The van der Waals surface area contributed by atoms with Crippen molar-refractivity contribution in [3.05, 3.63) is 29.8 Å². The third kappa shape index (κ3) is 3.28. The van der Waals surface area contributed by atoms with Gasteiger partial charge in [-0.25, -0.2) is 0 Å². The zero-order valence-electron chi connectivity index (χ0n) is 13.4. The van der Waals surface area contributed by atoms with Gasteiger partial charge in [0.15, 0.2) is 5.78 Å². The van der Waals surface area contributed by atoms with E-state index in [-0.39, 0.29) is 23.6 Å². The molecule has 0 unspecified atom stereocenters. The van der Waals surface area contributed by atoms with E-state index in [4.69, 9.17) is 0 Å². The maximum absolute atomic E-state index is 12.5. The molecule has 23 heavy (non-hydrogen) atoms. The Morgan fingerprint density at radius 3 is 2.13 bits per heavy atom. The third-order valence-electron chi connectivity index (χ3n) is 4.86. The summed E-state index contributed by atoms with van der Waals surface area (Å²) in [5, 5.41) is 5.83. The van der Waals surface area contributed by atoms with Gasteiger partial charge in [-0.1, -0.05) is 12.8 Å². The number of hydrogen-bond acceptors (Lipinski definition) is 3. The molecule has 2 aliphatic carbocycles. The van der Waals surface area contributed by atoms with E-state index in [1.54, 1.807) is 24.3 Å². The first-order valence-electron chi connectivity index (χ1n) is 8.25. The summed E-state index contributed by atoms with van der Waals surface area (Å²) in [5.74, 6) is -0.400. The predicted molar refractivity (Wildman–Crippen MR) is 87.1 cm³/mol. The molecular weight excluding hydrogens is 292 g/mol. The maximum Gasteiger partial charge on any atom is 0.240 e. The molecule has 0 aromatic heterocycles. The molecule has 5 nitrogen and oxygen atoms in total. The number of nitrogens with one attached hydrogen (secondary N) is 2. The third-order valence-corrected chi connectivity index (χ3v) is 4.86. The largest absolute Gasteiger partial charge is 0.352 e. The van der Waals surface area contributed by atoms with Crippen molar-refractivity contribution in [2.24, 2.45) is 5.41 Å². The summed E-state index contributed by atoms with van der Waals surface area (Å²) in [6.45, 7) is 1.50. The van der Waals surface area contributed by atoms with Crippen LogP contribution in [0.25, 0.3) is 0 Å². The van der Waals surface area contributed by atoms with Crippen LogP contribution < -0.4 is 10.6 Å². The van der Waals surface area contributed by atoms with Gasteiger partial charge in [0.25, 0.3) is 0 Å². The molecule has 0 heterocycles. The van der Waals surface area contributed by atoms with Gasteiger partial charge >= 0.3 is 0 Å². The Balaban J connectivity index is 1.62. The highest BCUT2D eigenvalue weighted by Gasteiger charge is 2.56. The van der Waals surface area contributed by atoms with E-state index in [0.717, 1.165) is 25.7 Å². The van der Waals surface area contributed by atoms with E-state index in [1.165, 1.54) is 6.92 Å². The van der Waals surface area contributed by atoms with Gasteiger partial charge in [-0.3, -0.25) is 14.4 Å². The molecule has 0 radical (unpaired) electrons. The quantitative estimate of drug-likeness (QED) is 0.648. The van der Waals surface area contributed by atoms with Crippen molar-refractivity contribution in [2.45, 2.75) is 51.5 Å². The molecule has 2 aliphatic rings. The van der Waals surface area contributed by atoms with Gasteiger partial charge in [0.05, 0.1) is 0 Å². The predicted octanol–water partition coefficient (Wildman–Crippen LogP) is 2.67. The van der Waals surface area contributed by atoms with Crippen LogP contribution in [0, 0.1) is 5.41 Å². The lowest BCUT2D eigenvalue weighted by Crippen LogP contribution is -2.43. The van der Waals surface area contributed by atoms with Crippen molar-refractivity contribution in [3.8, 4) is 0 Å². The van der Waals surface area contributed by atoms with Crippen LogP contribution in [0.5, 0.6) is 0 Å². The molecule has 2 N–H and O–H groups in total. The first-order valence-corrected chi connectivity index (χ1v) is 8.25. The zero-order valence-corrected chi connectivity index (χ0v) is 13.4.